The fourth-order valence-electron chi connectivity index (χ4n) is 2.18. The van der Waals surface area contributed by atoms with Crippen molar-refractivity contribution in [2.24, 2.45) is 5.92 Å². The summed E-state index contributed by atoms with van der Waals surface area (Å²) in [7, 11) is 0. The average Bonchev–Trinajstić information content (AvgIpc) is 2.04. The monoisotopic (exact) mass is 185 g/mol. The maximum absolute atomic E-state index is 9.65. The van der Waals surface area contributed by atoms with Gasteiger partial charge in [0.15, 0.2) is 0 Å². The first kappa shape index (κ1) is 11.0. The Labute approximate surface area is 81.9 Å². The van der Waals surface area contributed by atoms with Crippen LogP contribution in [0.1, 0.15) is 39.5 Å². The van der Waals surface area contributed by atoms with Gasteiger partial charge in [-0.05, 0) is 31.7 Å². The van der Waals surface area contributed by atoms with E-state index in [4.69, 9.17) is 0 Å². The second-order valence-electron chi connectivity index (χ2n) is 4.45. The number of rotatable bonds is 4. The Hall–Kier alpha value is -0.0800. The molecule has 1 N–H and O–H groups in total. The Morgan fingerprint density at radius 2 is 2.31 bits per heavy atom. The first-order valence-electron chi connectivity index (χ1n) is 5.62. The van der Waals surface area contributed by atoms with Crippen molar-refractivity contribution in [3.05, 3.63) is 0 Å². The lowest BCUT2D eigenvalue weighted by atomic mass is 10.00. The van der Waals surface area contributed by atoms with E-state index >= 15 is 0 Å². The number of likely N-dealkylation sites (tertiary alicyclic amines) is 1. The lowest BCUT2D eigenvalue weighted by Gasteiger charge is -2.32. The quantitative estimate of drug-likeness (QED) is 0.723. The van der Waals surface area contributed by atoms with Crippen molar-refractivity contribution >= 4 is 0 Å². The molecule has 1 heterocycles. The Bertz CT molecular complexity index is 138. The molecule has 0 aromatic rings. The molecule has 2 nitrogen and oxygen atoms in total. The van der Waals surface area contributed by atoms with Crippen molar-refractivity contribution in [3.8, 4) is 0 Å². The van der Waals surface area contributed by atoms with Crippen molar-refractivity contribution < 1.29 is 5.11 Å². The maximum atomic E-state index is 9.65. The third-order valence-electron chi connectivity index (χ3n) is 2.83. The minimum Gasteiger partial charge on any atom is -0.392 e. The van der Waals surface area contributed by atoms with Crippen molar-refractivity contribution in [1.29, 1.82) is 0 Å². The number of nitrogens with zero attached hydrogens (tertiary/aromatic N) is 1. The molecule has 1 aliphatic rings. The topological polar surface area (TPSA) is 23.5 Å². The van der Waals surface area contributed by atoms with Crippen LogP contribution in [-0.2, 0) is 0 Å². The minimum absolute atomic E-state index is 0.102. The number of aliphatic hydroxyl groups excluding tert-OH is 1. The van der Waals surface area contributed by atoms with Gasteiger partial charge in [0, 0.05) is 13.1 Å². The zero-order valence-electron chi connectivity index (χ0n) is 9.00. The average molecular weight is 185 g/mol. The highest BCUT2D eigenvalue weighted by molar-refractivity contribution is 4.72. The number of hydrogen-bond acceptors (Lipinski definition) is 2. The predicted octanol–water partition coefficient (Wildman–Crippen LogP) is 1.88. The summed E-state index contributed by atoms with van der Waals surface area (Å²) in [6.45, 7) is 7.68. The van der Waals surface area contributed by atoms with E-state index in [1.807, 2.05) is 0 Å². The van der Waals surface area contributed by atoms with Crippen LogP contribution < -0.4 is 0 Å². The molecule has 0 bridgehead atoms. The van der Waals surface area contributed by atoms with Crippen molar-refractivity contribution in [1.82, 2.24) is 4.90 Å². The maximum Gasteiger partial charge on any atom is 0.0667 e. The molecule has 0 amide bonds. The number of piperidine rings is 1. The fraction of sp³-hybridized carbons (Fsp3) is 1.00. The van der Waals surface area contributed by atoms with Crippen molar-refractivity contribution in [3.63, 3.8) is 0 Å². The van der Waals surface area contributed by atoms with E-state index in [2.05, 4.69) is 18.7 Å². The van der Waals surface area contributed by atoms with Gasteiger partial charge in [0.05, 0.1) is 6.10 Å². The molecule has 0 spiro atoms. The standard InChI is InChI=1S/C11H23NO/c1-3-5-11(13)9-12-7-4-6-10(2)8-12/h10-11,13H,3-9H2,1-2H3. The van der Waals surface area contributed by atoms with Crippen LogP contribution in [0.5, 0.6) is 0 Å². The summed E-state index contributed by atoms with van der Waals surface area (Å²) >= 11 is 0. The molecule has 2 unspecified atom stereocenters. The van der Waals surface area contributed by atoms with Crippen LogP contribution in [0, 0.1) is 5.92 Å². The smallest absolute Gasteiger partial charge is 0.0667 e. The molecule has 1 saturated heterocycles. The highest BCUT2D eigenvalue weighted by atomic mass is 16.3. The van der Waals surface area contributed by atoms with Gasteiger partial charge in [0.2, 0.25) is 0 Å². The lowest BCUT2D eigenvalue weighted by Crippen LogP contribution is -2.39. The van der Waals surface area contributed by atoms with Crippen LogP contribution in [0.3, 0.4) is 0 Å². The van der Waals surface area contributed by atoms with E-state index in [1.54, 1.807) is 0 Å². The van der Waals surface area contributed by atoms with Crippen LogP contribution >= 0.6 is 0 Å². The van der Waals surface area contributed by atoms with Crippen LogP contribution in [-0.4, -0.2) is 35.7 Å². The van der Waals surface area contributed by atoms with Gasteiger partial charge >= 0.3 is 0 Å². The lowest BCUT2D eigenvalue weighted by molar-refractivity contribution is 0.0818. The second kappa shape index (κ2) is 5.61. The zero-order chi connectivity index (χ0) is 9.68. The normalized spacial score (nSPS) is 27.5. The van der Waals surface area contributed by atoms with E-state index in [1.165, 1.54) is 25.9 Å². The van der Waals surface area contributed by atoms with E-state index in [-0.39, 0.29) is 6.10 Å². The van der Waals surface area contributed by atoms with Gasteiger partial charge in [0.1, 0.15) is 0 Å². The fourth-order valence-corrected chi connectivity index (χ4v) is 2.18. The van der Waals surface area contributed by atoms with Gasteiger partial charge in [-0.2, -0.15) is 0 Å². The van der Waals surface area contributed by atoms with Crippen LogP contribution in [0.4, 0.5) is 0 Å². The predicted molar refractivity (Wildman–Crippen MR) is 55.8 cm³/mol. The van der Waals surface area contributed by atoms with Crippen molar-refractivity contribution in [2.45, 2.75) is 45.6 Å². The summed E-state index contributed by atoms with van der Waals surface area (Å²) in [5.74, 6) is 0.822. The van der Waals surface area contributed by atoms with Gasteiger partial charge in [-0.15, -0.1) is 0 Å². The van der Waals surface area contributed by atoms with Crippen LogP contribution in [0.25, 0.3) is 0 Å². The molecule has 2 heteroatoms. The summed E-state index contributed by atoms with van der Waals surface area (Å²) in [5.41, 5.74) is 0. The SMILES string of the molecule is CCCC(O)CN1CCCC(C)C1. The first-order valence-corrected chi connectivity index (χ1v) is 5.62. The van der Waals surface area contributed by atoms with E-state index in [9.17, 15) is 5.11 Å². The van der Waals surface area contributed by atoms with E-state index in [0.717, 1.165) is 25.3 Å². The van der Waals surface area contributed by atoms with Gasteiger partial charge in [-0.1, -0.05) is 20.3 Å². The molecule has 0 aliphatic carbocycles. The van der Waals surface area contributed by atoms with Crippen LogP contribution in [0.2, 0.25) is 0 Å². The first-order chi connectivity index (χ1) is 6.22. The number of hydrogen-bond donors (Lipinski definition) is 1. The summed E-state index contributed by atoms with van der Waals surface area (Å²) in [5, 5.41) is 9.65. The Morgan fingerprint density at radius 3 is 2.92 bits per heavy atom. The highest BCUT2D eigenvalue weighted by Gasteiger charge is 2.18. The summed E-state index contributed by atoms with van der Waals surface area (Å²) in [6.07, 6.45) is 4.60. The Morgan fingerprint density at radius 1 is 1.54 bits per heavy atom. The molecular formula is C11H23NO. The molecule has 1 rings (SSSR count). The Balaban J connectivity index is 2.19. The van der Waals surface area contributed by atoms with Gasteiger partial charge in [0.25, 0.3) is 0 Å². The van der Waals surface area contributed by atoms with Gasteiger partial charge in [-0.25, -0.2) is 0 Å². The molecule has 2 atom stereocenters. The molecule has 0 aromatic heterocycles. The summed E-state index contributed by atoms with van der Waals surface area (Å²) < 4.78 is 0. The highest BCUT2D eigenvalue weighted by Crippen LogP contribution is 2.15. The second-order valence-corrected chi connectivity index (χ2v) is 4.45. The Kier molecular flexibility index (Phi) is 4.74. The van der Waals surface area contributed by atoms with Gasteiger partial charge < -0.3 is 10.0 Å². The number of aliphatic hydroxyl groups is 1. The van der Waals surface area contributed by atoms with E-state index in [0.29, 0.717) is 0 Å². The molecule has 78 valence electrons. The molecule has 1 aliphatic heterocycles. The third-order valence-corrected chi connectivity index (χ3v) is 2.83. The number of β-amino-alcohol motifs (C(OH)–C–C–N with tert-alkyl or cyclic N) is 1. The largest absolute Gasteiger partial charge is 0.392 e. The van der Waals surface area contributed by atoms with Crippen LogP contribution in [0.15, 0.2) is 0 Å². The zero-order valence-corrected chi connectivity index (χ0v) is 9.00. The van der Waals surface area contributed by atoms with E-state index < -0.39 is 0 Å². The molecule has 1 fully saturated rings. The summed E-state index contributed by atoms with van der Waals surface area (Å²) in [4.78, 5) is 2.41. The molecule has 0 aromatic carbocycles. The molecule has 0 saturated carbocycles. The van der Waals surface area contributed by atoms with Gasteiger partial charge in [-0.3, -0.25) is 0 Å². The molecular weight excluding hydrogens is 162 g/mol. The molecule has 0 radical (unpaired) electrons. The molecule has 13 heavy (non-hydrogen) atoms. The minimum atomic E-state index is -0.102. The third kappa shape index (κ3) is 4.10. The summed E-state index contributed by atoms with van der Waals surface area (Å²) in [6, 6.07) is 0. The van der Waals surface area contributed by atoms with Crippen molar-refractivity contribution in [2.75, 3.05) is 19.6 Å².